The van der Waals surface area contributed by atoms with Gasteiger partial charge in [0, 0.05) is 12.7 Å². The van der Waals surface area contributed by atoms with E-state index in [1.54, 1.807) is 7.11 Å². The molecule has 0 radical (unpaired) electrons. The quantitative estimate of drug-likeness (QED) is 0.717. The van der Waals surface area contributed by atoms with Gasteiger partial charge in [0.1, 0.15) is 5.75 Å². The zero-order valence-electron chi connectivity index (χ0n) is 15.0. The van der Waals surface area contributed by atoms with Crippen LogP contribution in [0.15, 0.2) is 66.9 Å². The normalized spacial score (nSPS) is 12.0. The summed E-state index contributed by atoms with van der Waals surface area (Å²) in [6, 6.07) is 20.7. The fourth-order valence-corrected chi connectivity index (χ4v) is 3.07. The van der Waals surface area contributed by atoms with Crippen LogP contribution >= 0.6 is 0 Å². The molecular weight excluding hydrogens is 308 g/mol. The number of pyridine rings is 1. The number of benzene rings is 2. The highest BCUT2D eigenvalue weighted by Gasteiger charge is 2.16. The Balaban J connectivity index is 1.89. The highest BCUT2D eigenvalue weighted by Crippen LogP contribution is 2.24. The van der Waals surface area contributed by atoms with Gasteiger partial charge in [0.2, 0.25) is 0 Å². The Hall–Kier alpha value is -2.65. The maximum Gasteiger partial charge on any atom is 0.118 e. The van der Waals surface area contributed by atoms with Gasteiger partial charge < -0.3 is 10.1 Å². The monoisotopic (exact) mass is 332 g/mol. The summed E-state index contributed by atoms with van der Waals surface area (Å²) in [5.41, 5.74) is 6.14. The van der Waals surface area contributed by atoms with Crippen molar-refractivity contribution < 1.29 is 4.74 Å². The maximum absolute atomic E-state index is 5.28. The summed E-state index contributed by atoms with van der Waals surface area (Å²) >= 11 is 0. The number of hydrogen-bond acceptors (Lipinski definition) is 3. The van der Waals surface area contributed by atoms with E-state index in [-0.39, 0.29) is 6.04 Å². The molecule has 1 atom stereocenters. The second-order valence-corrected chi connectivity index (χ2v) is 6.21. The molecule has 0 aliphatic carbocycles. The molecule has 1 heterocycles. The molecule has 0 fully saturated rings. The Morgan fingerprint density at radius 1 is 0.920 bits per heavy atom. The standard InChI is InChI=1S/C22H24N2O/c1-16-7-6-8-17(2)20(16)15-24-22(21-9-4-5-14-23-21)18-10-12-19(25-3)13-11-18/h4-14,22,24H,15H2,1-3H3/t22-/m0/s1. The molecule has 0 amide bonds. The lowest BCUT2D eigenvalue weighted by molar-refractivity contribution is 0.414. The average Bonchev–Trinajstić information content (AvgIpc) is 2.65. The van der Waals surface area contributed by atoms with Crippen LogP contribution in [0.2, 0.25) is 0 Å². The molecule has 1 N–H and O–H groups in total. The van der Waals surface area contributed by atoms with E-state index >= 15 is 0 Å². The first-order valence-corrected chi connectivity index (χ1v) is 8.52. The van der Waals surface area contributed by atoms with Crippen LogP contribution in [0.3, 0.4) is 0 Å². The lowest BCUT2D eigenvalue weighted by Gasteiger charge is -2.21. The Morgan fingerprint density at radius 2 is 1.64 bits per heavy atom. The van der Waals surface area contributed by atoms with E-state index in [1.165, 1.54) is 22.3 Å². The van der Waals surface area contributed by atoms with Crippen LogP contribution in [-0.4, -0.2) is 12.1 Å². The van der Waals surface area contributed by atoms with Gasteiger partial charge >= 0.3 is 0 Å². The smallest absolute Gasteiger partial charge is 0.118 e. The molecule has 0 spiro atoms. The van der Waals surface area contributed by atoms with E-state index in [4.69, 9.17) is 4.74 Å². The van der Waals surface area contributed by atoms with Crippen molar-refractivity contribution in [1.82, 2.24) is 10.3 Å². The predicted molar refractivity (Wildman–Crippen MR) is 102 cm³/mol. The van der Waals surface area contributed by atoms with E-state index in [9.17, 15) is 0 Å². The molecule has 3 aromatic rings. The zero-order valence-corrected chi connectivity index (χ0v) is 15.0. The molecule has 25 heavy (non-hydrogen) atoms. The van der Waals surface area contributed by atoms with Crippen molar-refractivity contribution in [2.75, 3.05) is 7.11 Å². The minimum atomic E-state index is 0.0334. The second kappa shape index (κ2) is 7.95. The highest BCUT2D eigenvalue weighted by atomic mass is 16.5. The summed E-state index contributed by atoms with van der Waals surface area (Å²) < 4.78 is 5.28. The lowest BCUT2D eigenvalue weighted by atomic mass is 10.00. The second-order valence-electron chi connectivity index (χ2n) is 6.21. The number of aromatic nitrogens is 1. The number of ether oxygens (including phenoxy) is 1. The van der Waals surface area contributed by atoms with Crippen molar-refractivity contribution in [3.8, 4) is 5.75 Å². The molecule has 0 saturated heterocycles. The summed E-state index contributed by atoms with van der Waals surface area (Å²) in [5.74, 6) is 0.860. The summed E-state index contributed by atoms with van der Waals surface area (Å²) in [4.78, 5) is 4.56. The third kappa shape index (κ3) is 4.06. The van der Waals surface area contributed by atoms with Gasteiger partial charge in [0.25, 0.3) is 0 Å². The van der Waals surface area contributed by atoms with Crippen molar-refractivity contribution in [2.45, 2.75) is 26.4 Å². The molecule has 0 bridgehead atoms. The van der Waals surface area contributed by atoms with Crippen LogP contribution in [0.1, 0.15) is 34.0 Å². The van der Waals surface area contributed by atoms with Crippen molar-refractivity contribution >= 4 is 0 Å². The number of hydrogen-bond donors (Lipinski definition) is 1. The molecule has 1 aromatic heterocycles. The van der Waals surface area contributed by atoms with E-state index in [1.807, 2.05) is 30.5 Å². The summed E-state index contributed by atoms with van der Waals surface area (Å²) in [6.07, 6.45) is 1.84. The highest BCUT2D eigenvalue weighted by molar-refractivity contribution is 5.36. The zero-order chi connectivity index (χ0) is 17.6. The molecule has 128 valence electrons. The topological polar surface area (TPSA) is 34.1 Å². The predicted octanol–water partition coefficient (Wildman–Crippen LogP) is 4.59. The first-order chi connectivity index (χ1) is 12.2. The van der Waals surface area contributed by atoms with Gasteiger partial charge in [-0.2, -0.15) is 0 Å². The van der Waals surface area contributed by atoms with Gasteiger partial charge in [0.15, 0.2) is 0 Å². The minimum Gasteiger partial charge on any atom is -0.497 e. The van der Waals surface area contributed by atoms with Gasteiger partial charge in [-0.3, -0.25) is 4.98 Å². The van der Waals surface area contributed by atoms with Crippen LogP contribution in [0.5, 0.6) is 5.75 Å². The third-order valence-electron chi connectivity index (χ3n) is 4.56. The number of methoxy groups -OCH3 is 1. The Morgan fingerprint density at radius 3 is 2.24 bits per heavy atom. The molecule has 3 nitrogen and oxygen atoms in total. The van der Waals surface area contributed by atoms with E-state index < -0.39 is 0 Å². The lowest BCUT2D eigenvalue weighted by Crippen LogP contribution is -2.23. The largest absolute Gasteiger partial charge is 0.497 e. The van der Waals surface area contributed by atoms with Crippen molar-refractivity contribution in [3.05, 3.63) is 94.8 Å². The minimum absolute atomic E-state index is 0.0334. The maximum atomic E-state index is 5.28. The Kier molecular flexibility index (Phi) is 5.46. The number of nitrogens with zero attached hydrogens (tertiary/aromatic N) is 1. The van der Waals surface area contributed by atoms with Gasteiger partial charge in [-0.25, -0.2) is 0 Å². The van der Waals surface area contributed by atoms with Gasteiger partial charge in [-0.05, 0) is 60.4 Å². The van der Waals surface area contributed by atoms with Gasteiger partial charge in [-0.15, -0.1) is 0 Å². The SMILES string of the molecule is COc1ccc([C@H](NCc2c(C)cccc2C)c2ccccn2)cc1. The van der Waals surface area contributed by atoms with Crippen molar-refractivity contribution in [1.29, 1.82) is 0 Å². The van der Waals surface area contributed by atoms with Crippen LogP contribution in [0, 0.1) is 13.8 Å². The number of aryl methyl sites for hydroxylation is 2. The molecule has 0 aliphatic rings. The fraction of sp³-hybridized carbons (Fsp3) is 0.227. The average molecular weight is 332 g/mol. The van der Waals surface area contributed by atoms with Crippen LogP contribution < -0.4 is 10.1 Å². The van der Waals surface area contributed by atoms with E-state index in [0.29, 0.717) is 0 Å². The van der Waals surface area contributed by atoms with Crippen LogP contribution in [-0.2, 0) is 6.54 Å². The third-order valence-corrected chi connectivity index (χ3v) is 4.56. The van der Waals surface area contributed by atoms with Gasteiger partial charge in [-0.1, -0.05) is 36.4 Å². The molecule has 0 aliphatic heterocycles. The molecule has 0 saturated carbocycles. The Labute approximate surface area is 149 Å². The van der Waals surface area contributed by atoms with Crippen molar-refractivity contribution in [2.24, 2.45) is 0 Å². The van der Waals surface area contributed by atoms with Crippen LogP contribution in [0.4, 0.5) is 0 Å². The van der Waals surface area contributed by atoms with E-state index in [0.717, 1.165) is 18.0 Å². The van der Waals surface area contributed by atoms with Crippen molar-refractivity contribution in [3.63, 3.8) is 0 Å². The first kappa shape index (κ1) is 17.2. The summed E-state index contributed by atoms with van der Waals surface area (Å²) in [5, 5.41) is 3.68. The first-order valence-electron chi connectivity index (χ1n) is 8.52. The van der Waals surface area contributed by atoms with Crippen LogP contribution in [0.25, 0.3) is 0 Å². The molecular formula is C22H24N2O. The van der Waals surface area contributed by atoms with E-state index in [2.05, 4.69) is 60.5 Å². The summed E-state index contributed by atoms with van der Waals surface area (Å²) in [7, 11) is 1.68. The molecule has 3 rings (SSSR count). The Bertz CT molecular complexity index is 793. The molecule has 2 aromatic carbocycles. The summed E-state index contributed by atoms with van der Waals surface area (Å²) in [6.45, 7) is 5.12. The number of rotatable bonds is 6. The molecule has 3 heteroatoms. The number of nitrogens with one attached hydrogen (secondary N) is 1. The van der Waals surface area contributed by atoms with Gasteiger partial charge in [0.05, 0.1) is 18.8 Å². The fourth-order valence-electron chi connectivity index (χ4n) is 3.07. The molecule has 0 unspecified atom stereocenters.